The lowest BCUT2D eigenvalue weighted by Crippen LogP contribution is -2.22. The molecule has 1 amide bonds. The lowest BCUT2D eigenvalue weighted by Gasteiger charge is -2.06. The largest absolute Gasteiger partial charge is 0.465 e. The smallest absolute Gasteiger partial charge is 0.404 e. The number of hydrogen-bond donors (Lipinski definition) is 2. The molecule has 0 atom stereocenters. The van der Waals surface area contributed by atoms with Gasteiger partial charge in [0, 0.05) is 6.04 Å². The quantitative estimate of drug-likeness (QED) is 0.818. The van der Waals surface area contributed by atoms with Gasteiger partial charge in [-0.1, -0.05) is 52.0 Å². The molecule has 2 rings (SSSR count). The van der Waals surface area contributed by atoms with Crippen LogP contribution in [0, 0.1) is 12.8 Å². The van der Waals surface area contributed by atoms with Crippen molar-refractivity contribution < 1.29 is 9.90 Å². The van der Waals surface area contributed by atoms with Crippen LogP contribution in [0.1, 0.15) is 58.1 Å². The number of rotatable bonds is 4. The van der Waals surface area contributed by atoms with Crippen LogP contribution in [-0.4, -0.2) is 17.2 Å². The topological polar surface area (TPSA) is 49.3 Å². The van der Waals surface area contributed by atoms with Gasteiger partial charge >= 0.3 is 6.09 Å². The minimum absolute atomic E-state index is 0.275. The maximum atomic E-state index is 9.74. The highest BCUT2D eigenvalue weighted by molar-refractivity contribution is 5.65. The van der Waals surface area contributed by atoms with Gasteiger partial charge in [-0.2, -0.15) is 0 Å². The molecule has 0 unspecified atom stereocenters. The van der Waals surface area contributed by atoms with Gasteiger partial charge in [0.2, 0.25) is 0 Å². The number of hydrogen-bond acceptors (Lipinski definition) is 1. The Bertz CT molecular complexity index is 398. The van der Waals surface area contributed by atoms with Gasteiger partial charge in [0.05, 0.1) is 0 Å². The standard InChI is InChI=1S/C12H18.C4H7NO2.C2H6/c1-10(2)8-9-12-7-5-4-6-11(12)3;6-4(7)5-3-1-2-3;1-2/h4-7,10H,8-9H2,1-3H3;3,5H,1-2H2,(H,6,7);1-2H3. The summed E-state index contributed by atoms with van der Waals surface area (Å²) in [5.74, 6) is 0.810. The Morgan fingerprint density at radius 2 is 1.86 bits per heavy atom. The van der Waals surface area contributed by atoms with E-state index in [4.69, 9.17) is 5.11 Å². The molecule has 3 nitrogen and oxygen atoms in total. The summed E-state index contributed by atoms with van der Waals surface area (Å²) < 4.78 is 0. The molecule has 0 aromatic heterocycles. The molecule has 1 aliphatic rings. The van der Waals surface area contributed by atoms with Crippen molar-refractivity contribution in [1.82, 2.24) is 5.32 Å². The summed E-state index contributed by atoms with van der Waals surface area (Å²) in [7, 11) is 0. The molecule has 0 radical (unpaired) electrons. The van der Waals surface area contributed by atoms with Gasteiger partial charge in [-0.15, -0.1) is 0 Å². The molecule has 0 aliphatic heterocycles. The number of nitrogens with one attached hydrogen (secondary N) is 1. The van der Waals surface area contributed by atoms with E-state index in [9.17, 15) is 4.79 Å². The van der Waals surface area contributed by atoms with E-state index in [0.29, 0.717) is 0 Å². The third-order valence-electron chi connectivity index (χ3n) is 3.16. The number of carbonyl (C=O) groups is 1. The minimum Gasteiger partial charge on any atom is -0.465 e. The molecule has 120 valence electrons. The number of aryl methyl sites for hydroxylation is 2. The van der Waals surface area contributed by atoms with Gasteiger partial charge in [0.1, 0.15) is 0 Å². The molecule has 3 heteroatoms. The molecule has 1 aromatic carbocycles. The van der Waals surface area contributed by atoms with Crippen LogP contribution in [0.2, 0.25) is 0 Å². The molecule has 21 heavy (non-hydrogen) atoms. The van der Waals surface area contributed by atoms with Crippen LogP contribution in [0.15, 0.2) is 24.3 Å². The molecule has 0 heterocycles. The van der Waals surface area contributed by atoms with Crippen LogP contribution >= 0.6 is 0 Å². The maximum absolute atomic E-state index is 9.74. The average molecular weight is 293 g/mol. The Hall–Kier alpha value is -1.51. The van der Waals surface area contributed by atoms with Gasteiger partial charge in [-0.05, 0) is 49.7 Å². The van der Waals surface area contributed by atoms with Crippen molar-refractivity contribution in [3.63, 3.8) is 0 Å². The van der Waals surface area contributed by atoms with E-state index in [1.54, 1.807) is 0 Å². The van der Waals surface area contributed by atoms with E-state index in [1.165, 1.54) is 24.0 Å². The summed E-state index contributed by atoms with van der Waals surface area (Å²) in [5.41, 5.74) is 2.93. The highest BCUT2D eigenvalue weighted by Crippen LogP contribution is 2.17. The molecule has 0 saturated heterocycles. The number of benzene rings is 1. The molecular formula is C18H31NO2. The fourth-order valence-corrected chi connectivity index (χ4v) is 1.74. The minimum atomic E-state index is -0.900. The van der Waals surface area contributed by atoms with Gasteiger partial charge < -0.3 is 10.4 Å². The Balaban J connectivity index is 0.000000377. The molecule has 2 N–H and O–H groups in total. The Labute approximate surface area is 129 Å². The first-order valence-electron chi connectivity index (χ1n) is 8.03. The molecule has 1 fully saturated rings. The normalized spacial score (nSPS) is 12.7. The monoisotopic (exact) mass is 293 g/mol. The third kappa shape index (κ3) is 10.9. The van der Waals surface area contributed by atoms with Gasteiger partial charge in [0.25, 0.3) is 0 Å². The highest BCUT2D eigenvalue weighted by Gasteiger charge is 2.22. The van der Waals surface area contributed by atoms with E-state index in [0.717, 1.165) is 18.8 Å². The van der Waals surface area contributed by atoms with Crippen molar-refractivity contribution in [2.24, 2.45) is 5.92 Å². The second-order valence-corrected chi connectivity index (χ2v) is 5.58. The van der Waals surface area contributed by atoms with Crippen molar-refractivity contribution in [2.75, 3.05) is 0 Å². The predicted molar refractivity (Wildman–Crippen MR) is 89.9 cm³/mol. The van der Waals surface area contributed by atoms with Gasteiger partial charge in [0.15, 0.2) is 0 Å². The fourth-order valence-electron chi connectivity index (χ4n) is 1.74. The lowest BCUT2D eigenvalue weighted by molar-refractivity contribution is 0.194. The van der Waals surface area contributed by atoms with Gasteiger partial charge in [-0.25, -0.2) is 4.79 Å². The Kier molecular flexibility index (Phi) is 10.4. The van der Waals surface area contributed by atoms with Crippen LogP contribution in [-0.2, 0) is 6.42 Å². The van der Waals surface area contributed by atoms with E-state index in [1.807, 2.05) is 13.8 Å². The van der Waals surface area contributed by atoms with Gasteiger partial charge in [-0.3, -0.25) is 0 Å². The average Bonchev–Trinajstić information content (AvgIpc) is 3.24. The molecule has 0 spiro atoms. The van der Waals surface area contributed by atoms with Crippen LogP contribution < -0.4 is 5.32 Å². The Morgan fingerprint density at radius 1 is 1.29 bits per heavy atom. The van der Waals surface area contributed by atoms with Crippen LogP contribution in [0.25, 0.3) is 0 Å². The fraction of sp³-hybridized carbons (Fsp3) is 0.611. The lowest BCUT2D eigenvalue weighted by atomic mass is 9.99. The summed E-state index contributed by atoms with van der Waals surface area (Å²) in [6.45, 7) is 10.7. The molecule has 1 aliphatic carbocycles. The van der Waals surface area contributed by atoms with Crippen LogP contribution in [0.3, 0.4) is 0 Å². The highest BCUT2D eigenvalue weighted by atomic mass is 16.4. The Morgan fingerprint density at radius 3 is 2.24 bits per heavy atom. The zero-order valence-electron chi connectivity index (χ0n) is 14.1. The second-order valence-electron chi connectivity index (χ2n) is 5.58. The first-order valence-corrected chi connectivity index (χ1v) is 8.03. The summed E-state index contributed by atoms with van der Waals surface area (Å²) >= 11 is 0. The SMILES string of the molecule is CC.Cc1ccccc1CCC(C)C.O=C(O)NC1CC1. The van der Waals surface area contributed by atoms with E-state index < -0.39 is 6.09 Å². The summed E-state index contributed by atoms with van der Waals surface area (Å²) in [4.78, 5) is 9.74. The van der Waals surface area contributed by atoms with Crippen molar-refractivity contribution >= 4 is 6.09 Å². The van der Waals surface area contributed by atoms with E-state index >= 15 is 0 Å². The van der Waals surface area contributed by atoms with Crippen molar-refractivity contribution in [1.29, 1.82) is 0 Å². The van der Waals surface area contributed by atoms with Crippen molar-refractivity contribution in [2.45, 2.75) is 66.3 Å². The number of amides is 1. The maximum Gasteiger partial charge on any atom is 0.404 e. The zero-order valence-corrected chi connectivity index (χ0v) is 14.1. The molecule has 1 aromatic rings. The van der Waals surface area contributed by atoms with Crippen LogP contribution in [0.4, 0.5) is 4.79 Å². The van der Waals surface area contributed by atoms with Crippen molar-refractivity contribution in [3.8, 4) is 0 Å². The van der Waals surface area contributed by atoms with Crippen LogP contribution in [0.5, 0.6) is 0 Å². The number of carboxylic acid groups (broad SMARTS) is 1. The predicted octanol–water partition coefficient (Wildman–Crippen LogP) is 5.03. The first-order chi connectivity index (χ1) is 9.99. The van der Waals surface area contributed by atoms with Crippen molar-refractivity contribution in [3.05, 3.63) is 35.4 Å². The zero-order chi connectivity index (χ0) is 16.3. The molecular weight excluding hydrogens is 262 g/mol. The third-order valence-corrected chi connectivity index (χ3v) is 3.16. The summed E-state index contributed by atoms with van der Waals surface area (Å²) in [6, 6.07) is 8.93. The first kappa shape index (κ1) is 19.5. The molecule has 0 bridgehead atoms. The molecule has 1 saturated carbocycles. The van der Waals surface area contributed by atoms with E-state index in [-0.39, 0.29) is 6.04 Å². The second kappa shape index (κ2) is 11.2. The van der Waals surface area contributed by atoms with E-state index in [2.05, 4.69) is 50.4 Å². The summed E-state index contributed by atoms with van der Waals surface area (Å²) in [5, 5.41) is 10.3. The summed E-state index contributed by atoms with van der Waals surface area (Å²) in [6.07, 6.45) is 3.66.